The molecule has 1 aliphatic heterocycles. The number of amides is 2. The Morgan fingerprint density at radius 2 is 1.96 bits per heavy atom. The van der Waals surface area contributed by atoms with Gasteiger partial charge in [-0.15, -0.1) is 0 Å². The molecule has 0 spiro atoms. The Hall–Kier alpha value is -3.35. The van der Waals surface area contributed by atoms with E-state index in [1.807, 2.05) is 31.2 Å². The number of phenolic OH excluding ortho intramolecular Hbond substituents is 1. The van der Waals surface area contributed by atoms with E-state index in [0.29, 0.717) is 0 Å². The maximum absolute atomic E-state index is 12.7. The van der Waals surface area contributed by atoms with Gasteiger partial charge in [-0.1, -0.05) is 31.2 Å². The number of ether oxygens (including phenoxy) is 1. The van der Waals surface area contributed by atoms with Gasteiger partial charge in [-0.2, -0.15) is 0 Å². The molecule has 0 aromatic heterocycles. The fraction of sp³-hybridized carbons (Fsp3) is 0.286. The first-order chi connectivity index (χ1) is 13.5. The van der Waals surface area contributed by atoms with Gasteiger partial charge in [0.15, 0.2) is 5.75 Å². The van der Waals surface area contributed by atoms with Crippen LogP contribution < -0.4 is 10.2 Å². The van der Waals surface area contributed by atoms with Gasteiger partial charge in [0.2, 0.25) is 11.8 Å². The number of hydrogen-bond acceptors (Lipinski definition) is 5. The summed E-state index contributed by atoms with van der Waals surface area (Å²) in [6.45, 7) is 2.28. The largest absolute Gasteiger partial charge is 0.505 e. The lowest BCUT2D eigenvalue weighted by Crippen LogP contribution is -2.28. The number of nitrogens with one attached hydrogen (secondary N) is 1. The molecule has 3 rings (SSSR count). The van der Waals surface area contributed by atoms with Crippen molar-refractivity contribution in [1.82, 2.24) is 0 Å². The van der Waals surface area contributed by atoms with E-state index in [2.05, 4.69) is 10.1 Å². The van der Waals surface area contributed by atoms with Crippen LogP contribution in [-0.4, -0.2) is 36.5 Å². The van der Waals surface area contributed by atoms with Gasteiger partial charge in [-0.25, -0.2) is 4.79 Å². The molecule has 7 nitrogen and oxygen atoms in total. The third kappa shape index (κ3) is 3.69. The first-order valence-electron chi connectivity index (χ1n) is 9.05. The van der Waals surface area contributed by atoms with Crippen LogP contribution >= 0.6 is 0 Å². The van der Waals surface area contributed by atoms with Crippen molar-refractivity contribution >= 4 is 29.2 Å². The first-order valence-corrected chi connectivity index (χ1v) is 9.05. The SMILES string of the molecule is CCc1ccccc1N1CC(C(=O)Nc2cccc(C(=O)OC)c2O)CC1=O. The number of hydrogen-bond donors (Lipinski definition) is 2. The Morgan fingerprint density at radius 1 is 1.21 bits per heavy atom. The number of anilines is 2. The Kier molecular flexibility index (Phi) is 5.63. The minimum atomic E-state index is -0.702. The minimum absolute atomic E-state index is 0.0405. The zero-order valence-corrected chi connectivity index (χ0v) is 15.8. The summed E-state index contributed by atoms with van der Waals surface area (Å²) in [5, 5.41) is 12.9. The number of aromatic hydroxyl groups is 1. The van der Waals surface area contributed by atoms with E-state index >= 15 is 0 Å². The molecule has 146 valence electrons. The van der Waals surface area contributed by atoms with Crippen LogP contribution in [0.3, 0.4) is 0 Å². The highest BCUT2D eigenvalue weighted by Crippen LogP contribution is 2.31. The Balaban J connectivity index is 1.76. The molecule has 2 amide bonds. The van der Waals surface area contributed by atoms with Crippen molar-refractivity contribution in [3.05, 3.63) is 53.6 Å². The van der Waals surface area contributed by atoms with Gasteiger partial charge in [-0.05, 0) is 30.2 Å². The van der Waals surface area contributed by atoms with Gasteiger partial charge in [0.1, 0.15) is 5.56 Å². The third-order valence-corrected chi connectivity index (χ3v) is 4.86. The molecule has 0 radical (unpaired) electrons. The molecule has 1 heterocycles. The maximum atomic E-state index is 12.7. The van der Waals surface area contributed by atoms with E-state index in [1.165, 1.54) is 25.3 Å². The Morgan fingerprint density at radius 3 is 2.68 bits per heavy atom. The smallest absolute Gasteiger partial charge is 0.341 e. The summed E-state index contributed by atoms with van der Waals surface area (Å²) >= 11 is 0. The quantitative estimate of drug-likeness (QED) is 0.612. The van der Waals surface area contributed by atoms with Crippen LogP contribution in [0.5, 0.6) is 5.75 Å². The van der Waals surface area contributed by atoms with E-state index in [1.54, 1.807) is 4.90 Å². The molecule has 1 saturated heterocycles. The molecule has 0 aliphatic carbocycles. The molecule has 2 aromatic rings. The molecule has 1 fully saturated rings. The molecule has 0 bridgehead atoms. The average molecular weight is 382 g/mol. The minimum Gasteiger partial charge on any atom is -0.505 e. The van der Waals surface area contributed by atoms with Crippen LogP contribution in [0.15, 0.2) is 42.5 Å². The predicted octanol–water partition coefficient (Wildman–Crippen LogP) is 2.73. The van der Waals surface area contributed by atoms with Crippen molar-refractivity contribution in [2.45, 2.75) is 19.8 Å². The summed E-state index contributed by atoms with van der Waals surface area (Å²) in [4.78, 5) is 38.5. The van der Waals surface area contributed by atoms with Gasteiger partial charge < -0.3 is 20.1 Å². The molecule has 2 N–H and O–H groups in total. The van der Waals surface area contributed by atoms with E-state index in [0.717, 1.165) is 17.7 Å². The fourth-order valence-electron chi connectivity index (χ4n) is 3.34. The second kappa shape index (κ2) is 8.12. The van der Waals surface area contributed by atoms with E-state index in [-0.39, 0.29) is 41.8 Å². The number of aryl methyl sites for hydroxylation is 1. The van der Waals surface area contributed by atoms with Gasteiger partial charge in [0.05, 0.1) is 18.7 Å². The number of benzene rings is 2. The number of esters is 1. The summed E-state index contributed by atoms with van der Waals surface area (Å²) in [5.41, 5.74) is 1.93. The number of rotatable bonds is 5. The van der Waals surface area contributed by atoms with Gasteiger partial charge in [0.25, 0.3) is 0 Å². The van der Waals surface area contributed by atoms with Crippen LogP contribution in [0.1, 0.15) is 29.3 Å². The van der Waals surface area contributed by atoms with Crippen molar-refractivity contribution in [2.24, 2.45) is 5.92 Å². The summed E-state index contributed by atoms with van der Waals surface area (Å²) in [6.07, 6.45) is 0.867. The predicted molar refractivity (Wildman–Crippen MR) is 104 cm³/mol. The van der Waals surface area contributed by atoms with Crippen molar-refractivity contribution in [3.63, 3.8) is 0 Å². The first kappa shape index (κ1) is 19.4. The Labute approximate surface area is 162 Å². The van der Waals surface area contributed by atoms with Crippen molar-refractivity contribution in [2.75, 3.05) is 23.9 Å². The average Bonchev–Trinajstić information content (AvgIpc) is 3.10. The van der Waals surface area contributed by atoms with Crippen molar-refractivity contribution in [3.8, 4) is 5.75 Å². The molecular formula is C21H22N2O5. The Bertz CT molecular complexity index is 925. The van der Waals surface area contributed by atoms with Crippen LogP contribution in [0.4, 0.5) is 11.4 Å². The lowest BCUT2D eigenvalue weighted by atomic mass is 10.1. The number of nitrogens with zero attached hydrogens (tertiary/aromatic N) is 1. The number of methoxy groups -OCH3 is 1. The van der Waals surface area contributed by atoms with E-state index in [4.69, 9.17) is 0 Å². The summed E-state index contributed by atoms with van der Waals surface area (Å²) in [5.74, 6) is -2.12. The van der Waals surface area contributed by atoms with Crippen LogP contribution in [0.25, 0.3) is 0 Å². The molecule has 2 aromatic carbocycles. The molecular weight excluding hydrogens is 360 g/mol. The van der Waals surface area contributed by atoms with Gasteiger partial charge in [0, 0.05) is 18.7 Å². The summed E-state index contributed by atoms with van der Waals surface area (Å²) in [7, 11) is 1.21. The standard InChI is InChI=1S/C21H22N2O5/c1-3-13-7-4-5-10-17(13)23-12-14(11-18(23)24)20(26)22-16-9-6-8-15(19(16)25)21(27)28-2/h4-10,14,25H,3,11-12H2,1-2H3,(H,22,26). The zero-order valence-electron chi connectivity index (χ0n) is 15.8. The van der Waals surface area contributed by atoms with Gasteiger partial charge in [-0.3, -0.25) is 9.59 Å². The molecule has 28 heavy (non-hydrogen) atoms. The molecule has 0 saturated carbocycles. The lowest BCUT2D eigenvalue weighted by Gasteiger charge is -2.20. The highest BCUT2D eigenvalue weighted by Gasteiger charge is 2.36. The van der Waals surface area contributed by atoms with Crippen molar-refractivity contribution < 1.29 is 24.2 Å². The van der Waals surface area contributed by atoms with E-state index < -0.39 is 11.9 Å². The maximum Gasteiger partial charge on any atom is 0.341 e. The van der Waals surface area contributed by atoms with Crippen LogP contribution in [0.2, 0.25) is 0 Å². The van der Waals surface area contributed by atoms with Gasteiger partial charge >= 0.3 is 5.97 Å². The second-order valence-corrected chi connectivity index (χ2v) is 6.57. The molecule has 7 heteroatoms. The summed E-state index contributed by atoms with van der Waals surface area (Å²) in [6, 6.07) is 12.1. The number of carbonyl (C=O) groups is 3. The second-order valence-electron chi connectivity index (χ2n) is 6.57. The molecule has 1 unspecified atom stereocenters. The number of phenols is 1. The molecule has 1 aliphatic rings. The number of para-hydroxylation sites is 2. The van der Waals surface area contributed by atoms with Crippen LogP contribution in [0, 0.1) is 5.92 Å². The zero-order chi connectivity index (χ0) is 20.3. The monoisotopic (exact) mass is 382 g/mol. The fourth-order valence-corrected chi connectivity index (χ4v) is 3.34. The topological polar surface area (TPSA) is 95.9 Å². The lowest BCUT2D eigenvalue weighted by molar-refractivity contribution is -0.122. The summed E-state index contributed by atoms with van der Waals surface area (Å²) < 4.78 is 4.61. The van der Waals surface area contributed by atoms with E-state index in [9.17, 15) is 19.5 Å². The number of carbonyl (C=O) groups excluding carboxylic acids is 3. The normalized spacial score (nSPS) is 16.1. The third-order valence-electron chi connectivity index (χ3n) is 4.86. The highest BCUT2D eigenvalue weighted by atomic mass is 16.5. The van der Waals surface area contributed by atoms with Crippen LogP contribution in [-0.2, 0) is 20.7 Å². The highest BCUT2D eigenvalue weighted by molar-refractivity contribution is 6.05. The molecule has 1 atom stereocenters. The van der Waals surface area contributed by atoms with Crippen molar-refractivity contribution in [1.29, 1.82) is 0 Å².